The van der Waals surface area contributed by atoms with Crippen LogP contribution in [-0.4, -0.2) is 63.3 Å². The van der Waals surface area contributed by atoms with Crippen molar-refractivity contribution in [2.75, 3.05) is 39.8 Å². The SMILES string of the molecule is Cc1ccc(S(=O)(=O)N2CC[NH+](CC(=O)N(C)Cc3ccc(F)cc3)CC2)cc1. The summed E-state index contributed by atoms with van der Waals surface area (Å²) in [5.41, 5.74) is 1.88. The quantitative estimate of drug-likeness (QED) is 0.748. The van der Waals surface area contributed by atoms with Gasteiger partial charge in [-0.3, -0.25) is 4.79 Å². The van der Waals surface area contributed by atoms with Crippen LogP contribution in [0.2, 0.25) is 0 Å². The summed E-state index contributed by atoms with van der Waals surface area (Å²) in [6, 6.07) is 13.0. The summed E-state index contributed by atoms with van der Waals surface area (Å²) in [6.07, 6.45) is 0. The van der Waals surface area contributed by atoms with Gasteiger partial charge in [0.25, 0.3) is 5.91 Å². The fourth-order valence-electron chi connectivity index (χ4n) is 3.38. The van der Waals surface area contributed by atoms with Crippen LogP contribution in [0.3, 0.4) is 0 Å². The number of nitrogens with one attached hydrogen (secondary N) is 1. The molecule has 1 saturated heterocycles. The summed E-state index contributed by atoms with van der Waals surface area (Å²) in [5, 5.41) is 0. The van der Waals surface area contributed by atoms with E-state index in [1.165, 1.54) is 16.4 Å². The minimum absolute atomic E-state index is 0.0147. The van der Waals surface area contributed by atoms with E-state index in [1.807, 2.05) is 6.92 Å². The number of benzene rings is 2. The average Bonchev–Trinajstić information content (AvgIpc) is 2.70. The largest absolute Gasteiger partial charge is 0.337 e. The molecular weight excluding hydrogens is 393 g/mol. The Hall–Kier alpha value is -2.29. The van der Waals surface area contributed by atoms with Crippen molar-refractivity contribution >= 4 is 15.9 Å². The molecule has 0 saturated carbocycles. The Bertz CT molecular complexity index is 938. The number of rotatable bonds is 6. The second-order valence-corrected chi connectivity index (χ2v) is 9.46. The zero-order valence-electron chi connectivity index (χ0n) is 16.8. The number of hydrogen-bond acceptors (Lipinski definition) is 3. The first-order valence-electron chi connectivity index (χ1n) is 9.64. The van der Waals surface area contributed by atoms with Crippen LogP contribution in [0.15, 0.2) is 53.4 Å². The van der Waals surface area contributed by atoms with E-state index < -0.39 is 10.0 Å². The lowest BCUT2D eigenvalue weighted by Crippen LogP contribution is -3.15. The van der Waals surface area contributed by atoms with Crippen LogP contribution >= 0.6 is 0 Å². The van der Waals surface area contributed by atoms with E-state index in [2.05, 4.69) is 0 Å². The van der Waals surface area contributed by atoms with Gasteiger partial charge in [0.15, 0.2) is 6.54 Å². The van der Waals surface area contributed by atoms with Gasteiger partial charge in [-0.25, -0.2) is 12.8 Å². The number of hydrogen-bond donors (Lipinski definition) is 1. The van der Waals surface area contributed by atoms with Gasteiger partial charge in [-0.1, -0.05) is 29.8 Å². The summed E-state index contributed by atoms with van der Waals surface area (Å²) in [6.45, 7) is 4.60. The molecule has 1 aliphatic heterocycles. The first-order valence-corrected chi connectivity index (χ1v) is 11.1. The molecule has 8 heteroatoms. The summed E-state index contributed by atoms with van der Waals surface area (Å²) in [7, 11) is -1.77. The maximum absolute atomic E-state index is 13.0. The first kappa shape index (κ1) is 21.4. The molecule has 0 bridgehead atoms. The lowest BCUT2D eigenvalue weighted by Gasteiger charge is -2.32. The molecule has 1 amide bonds. The average molecular weight is 421 g/mol. The van der Waals surface area contributed by atoms with Gasteiger partial charge in [-0.05, 0) is 36.8 Å². The number of quaternary nitrogens is 1. The topological polar surface area (TPSA) is 62.1 Å². The van der Waals surface area contributed by atoms with E-state index in [-0.39, 0.29) is 11.7 Å². The number of sulfonamides is 1. The van der Waals surface area contributed by atoms with E-state index in [1.54, 1.807) is 48.3 Å². The van der Waals surface area contributed by atoms with Gasteiger partial charge in [0, 0.05) is 13.6 Å². The Kier molecular flexibility index (Phi) is 6.66. The molecule has 1 aliphatic rings. The fraction of sp³-hybridized carbons (Fsp3) is 0.381. The fourth-order valence-corrected chi connectivity index (χ4v) is 4.82. The minimum atomic E-state index is -3.50. The maximum atomic E-state index is 13.0. The second kappa shape index (κ2) is 9.02. The zero-order chi connectivity index (χ0) is 21.0. The van der Waals surface area contributed by atoms with Crippen molar-refractivity contribution in [1.29, 1.82) is 0 Å². The van der Waals surface area contributed by atoms with Crippen LogP contribution in [0.1, 0.15) is 11.1 Å². The Labute approximate surface area is 171 Å². The van der Waals surface area contributed by atoms with Crippen LogP contribution in [0.5, 0.6) is 0 Å². The van der Waals surface area contributed by atoms with Gasteiger partial charge in [-0.15, -0.1) is 0 Å². The molecule has 0 radical (unpaired) electrons. The van der Waals surface area contributed by atoms with Crippen LogP contribution < -0.4 is 4.90 Å². The number of likely N-dealkylation sites (N-methyl/N-ethyl adjacent to an activating group) is 1. The van der Waals surface area contributed by atoms with Gasteiger partial charge in [0.1, 0.15) is 5.82 Å². The van der Waals surface area contributed by atoms with Crippen molar-refractivity contribution in [2.45, 2.75) is 18.4 Å². The molecule has 2 aromatic rings. The number of carbonyl (C=O) groups excluding carboxylic acids is 1. The minimum Gasteiger partial charge on any atom is -0.337 e. The van der Waals surface area contributed by atoms with Gasteiger partial charge in [-0.2, -0.15) is 4.31 Å². The van der Waals surface area contributed by atoms with Crippen LogP contribution in [0.25, 0.3) is 0 Å². The van der Waals surface area contributed by atoms with Crippen molar-refractivity contribution in [3.8, 4) is 0 Å². The number of halogens is 1. The van der Waals surface area contributed by atoms with Gasteiger partial charge >= 0.3 is 0 Å². The monoisotopic (exact) mass is 420 g/mol. The maximum Gasteiger partial charge on any atom is 0.277 e. The normalized spacial score (nSPS) is 16.0. The van der Waals surface area contributed by atoms with E-state index >= 15 is 0 Å². The molecule has 0 aromatic heterocycles. The van der Waals surface area contributed by atoms with Crippen LogP contribution in [-0.2, 0) is 21.4 Å². The summed E-state index contributed by atoms with van der Waals surface area (Å²) in [5.74, 6) is -0.315. The van der Waals surface area contributed by atoms with Crippen molar-refractivity contribution in [3.63, 3.8) is 0 Å². The highest BCUT2D eigenvalue weighted by molar-refractivity contribution is 7.89. The lowest BCUT2D eigenvalue weighted by molar-refractivity contribution is -0.896. The van der Waals surface area contributed by atoms with Gasteiger partial charge in [0.05, 0.1) is 31.1 Å². The first-order chi connectivity index (χ1) is 13.8. The number of amides is 1. The Morgan fingerprint density at radius 2 is 1.66 bits per heavy atom. The highest BCUT2D eigenvalue weighted by atomic mass is 32.2. The summed E-state index contributed by atoms with van der Waals surface area (Å²) >= 11 is 0. The third-order valence-electron chi connectivity index (χ3n) is 5.25. The van der Waals surface area contributed by atoms with Gasteiger partial charge in [0.2, 0.25) is 10.0 Å². The van der Waals surface area contributed by atoms with Crippen LogP contribution in [0, 0.1) is 12.7 Å². The molecule has 1 fully saturated rings. The smallest absolute Gasteiger partial charge is 0.277 e. The molecule has 1 N–H and O–H groups in total. The Balaban J connectivity index is 1.51. The van der Waals surface area contributed by atoms with Crippen molar-refractivity contribution < 1.29 is 22.5 Å². The molecule has 6 nitrogen and oxygen atoms in total. The molecule has 0 aliphatic carbocycles. The standard InChI is InChI=1S/C21H26FN3O3S/c1-17-3-9-20(10-4-17)29(27,28)25-13-11-24(12-14-25)16-21(26)23(2)15-18-5-7-19(22)8-6-18/h3-10H,11-16H2,1-2H3/p+1. The van der Waals surface area contributed by atoms with Crippen molar-refractivity contribution in [2.24, 2.45) is 0 Å². The predicted molar refractivity (Wildman–Crippen MR) is 108 cm³/mol. The van der Waals surface area contributed by atoms with Crippen LogP contribution in [0.4, 0.5) is 4.39 Å². The Morgan fingerprint density at radius 1 is 1.07 bits per heavy atom. The molecule has 29 heavy (non-hydrogen) atoms. The van der Waals surface area contributed by atoms with E-state index in [4.69, 9.17) is 0 Å². The molecule has 0 unspecified atom stereocenters. The van der Waals surface area contributed by atoms with E-state index in [9.17, 15) is 17.6 Å². The predicted octanol–water partition coefficient (Wildman–Crippen LogP) is 0.682. The molecule has 2 aromatic carbocycles. The number of nitrogens with zero attached hydrogens (tertiary/aromatic N) is 2. The van der Waals surface area contributed by atoms with Crippen molar-refractivity contribution in [1.82, 2.24) is 9.21 Å². The molecular formula is C21H27FN3O3S+. The number of piperazine rings is 1. The highest BCUT2D eigenvalue weighted by Gasteiger charge is 2.31. The van der Waals surface area contributed by atoms with E-state index in [0.29, 0.717) is 44.2 Å². The zero-order valence-corrected chi connectivity index (χ0v) is 17.6. The second-order valence-electron chi connectivity index (χ2n) is 7.52. The lowest BCUT2D eigenvalue weighted by atomic mass is 10.2. The number of aryl methyl sites for hydroxylation is 1. The molecule has 156 valence electrons. The van der Waals surface area contributed by atoms with Gasteiger partial charge < -0.3 is 9.80 Å². The Morgan fingerprint density at radius 3 is 2.24 bits per heavy atom. The molecule has 0 spiro atoms. The summed E-state index contributed by atoms with van der Waals surface area (Å²) < 4.78 is 40.1. The molecule has 1 heterocycles. The summed E-state index contributed by atoms with van der Waals surface area (Å²) in [4.78, 5) is 15.5. The van der Waals surface area contributed by atoms with Crippen molar-refractivity contribution in [3.05, 3.63) is 65.5 Å². The molecule has 3 rings (SSSR count). The number of carbonyl (C=O) groups is 1. The highest BCUT2D eigenvalue weighted by Crippen LogP contribution is 2.16. The van der Waals surface area contributed by atoms with E-state index in [0.717, 1.165) is 16.0 Å². The third kappa shape index (κ3) is 5.41. The third-order valence-corrected chi connectivity index (χ3v) is 7.16. The molecule has 0 atom stereocenters.